The summed E-state index contributed by atoms with van der Waals surface area (Å²) < 4.78 is 17.7. The monoisotopic (exact) mass is 325 g/mol. The molecule has 0 aliphatic carbocycles. The molecular formula is C20H23NO3. The van der Waals surface area contributed by atoms with Gasteiger partial charge in [-0.15, -0.1) is 0 Å². The van der Waals surface area contributed by atoms with Crippen LogP contribution in [0.2, 0.25) is 0 Å². The smallest absolute Gasteiger partial charge is 0.165 e. The van der Waals surface area contributed by atoms with E-state index in [0.717, 1.165) is 43.2 Å². The lowest BCUT2D eigenvalue weighted by atomic mass is 9.98. The summed E-state index contributed by atoms with van der Waals surface area (Å²) in [6.45, 7) is 5.87. The largest absolute Gasteiger partial charge is 0.488 e. The van der Waals surface area contributed by atoms with Crippen molar-refractivity contribution in [3.05, 3.63) is 47.5 Å². The Balaban J connectivity index is 1.77. The molecule has 0 spiro atoms. The van der Waals surface area contributed by atoms with Gasteiger partial charge >= 0.3 is 0 Å². The number of ether oxygens (including phenoxy) is 3. The van der Waals surface area contributed by atoms with Crippen LogP contribution in [0.3, 0.4) is 0 Å². The van der Waals surface area contributed by atoms with Crippen LogP contribution < -0.4 is 14.8 Å². The van der Waals surface area contributed by atoms with Crippen LogP contribution in [0.1, 0.15) is 17.5 Å². The molecule has 0 radical (unpaired) electrons. The summed E-state index contributed by atoms with van der Waals surface area (Å²) in [4.78, 5) is 0. The molecule has 0 amide bonds. The molecule has 0 bridgehead atoms. The standard InChI is InChI=1S/C20H23NO3/c1-14-4-2-3-5-18(14)15-10-16-12-21-7-9-23-20(16)19(11-15)24-17-6-8-22-13-17/h2-5,10-11,17,21H,6-9,12-13H2,1H3. The quantitative estimate of drug-likeness (QED) is 0.940. The van der Waals surface area contributed by atoms with E-state index in [9.17, 15) is 0 Å². The van der Waals surface area contributed by atoms with Crippen LogP contribution in [0.4, 0.5) is 0 Å². The van der Waals surface area contributed by atoms with Crippen molar-refractivity contribution in [2.75, 3.05) is 26.4 Å². The lowest BCUT2D eigenvalue weighted by molar-refractivity contribution is 0.137. The predicted octanol–water partition coefficient (Wildman–Crippen LogP) is 3.31. The first-order chi connectivity index (χ1) is 11.8. The third-order valence-electron chi connectivity index (χ3n) is 4.61. The number of rotatable bonds is 3. The van der Waals surface area contributed by atoms with E-state index < -0.39 is 0 Å². The van der Waals surface area contributed by atoms with Gasteiger partial charge in [0.05, 0.1) is 13.2 Å². The van der Waals surface area contributed by atoms with Gasteiger partial charge in [0.25, 0.3) is 0 Å². The molecule has 1 saturated heterocycles. The number of hydrogen-bond donors (Lipinski definition) is 1. The second-order valence-corrected chi connectivity index (χ2v) is 6.41. The highest BCUT2D eigenvalue weighted by atomic mass is 16.6. The molecule has 1 fully saturated rings. The fourth-order valence-corrected chi connectivity index (χ4v) is 3.33. The number of hydrogen-bond acceptors (Lipinski definition) is 4. The Labute approximate surface area is 142 Å². The molecule has 2 heterocycles. The SMILES string of the molecule is Cc1ccccc1-c1cc2c(c(OC3CCOC3)c1)OCCNC2. The normalized spacial score (nSPS) is 20.1. The van der Waals surface area contributed by atoms with E-state index >= 15 is 0 Å². The van der Waals surface area contributed by atoms with E-state index in [1.165, 1.54) is 16.7 Å². The Bertz CT molecular complexity index is 723. The maximum Gasteiger partial charge on any atom is 0.165 e. The molecule has 126 valence electrons. The van der Waals surface area contributed by atoms with Crippen LogP contribution in [0.15, 0.2) is 36.4 Å². The molecule has 0 aromatic heterocycles. The highest BCUT2D eigenvalue weighted by Crippen LogP contribution is 2.39. The molecular weight excluding hydrogens is 302 g/mol. The summed E-state index contributed by atoms with van der Waals surface area (Å²) >= 11 is 0. The van der Waals surface area contributed by atoms with Gasteiger partial charge in [-0.1, -0.05) is 24.3 Å². The minimum absolute atomic E-state index is 0.112. The third-order valence-corrected chi connectivity index (χ3v) is 4.61. The van der Waals surface area contributed by atoms with Gasteiger partial charge < -0.3 is 19.5 Å². The van der Waals surface area contributed by atoms with Crippen molar-refractivity contribution in [3.8, 4) is 22.6 Å². The molecule has 2 aromatic rings. The van der Waals surface area contributed by atoms with Crippen molar-refractivity contribution >= 4 is 0 Å². The fraction of sp³-hybridized carbons (Fsp3) is 0.400. The molecule has 2 aliphatic heterocycles. The molecule has 4 rings (SSSR count). The van der Waals surface area contributed by atoms with Crippen molar-refractivity contribution in [2.45, 2.75) is 26.0 Å². The van der Waals surface area contributed by atoms with Gasteiger partial charge in [0.15, 0.2) is 11.5 Å². The highest BCUT2D eigenvalue weighted by molar-refractivity contribution is 5.72. The summed E-state index contributed by atoms with van der Waals surface area (Å²) in [7, 11) is 0. The molecule has 1 unspecified atom stereocenters. The second-order valence-electron chi connectivity index (χ2n) is 6.41. The molecule has 24 heavy (non-hydrogen) atoms. The van der Waals surface area contributed by atoms with Crippen LogP contribution in [-0.2, 0) is 11.3 Å². The first-order valence-corrected chi connectivity index (χ1v) is 8.62. The number of nitrogens with one attached hydrogen (secondary N) is 1. The van der Waals surface area contributed by atoms with Gasteiger partial charge in [-0.2, -0.15) is 0 Å². The Kier molecular flexibility index (Phi) is 4.41. The molecule has 2 aromatic carbocycles. The van der Waals surface area contributed by atoms with Crippen molar-refractivity contribution in [2.24, 2.45) is 0 Å². The Morgan fingerprint density at radius 1 is 1.17 bits per heavy atom. The third kappa shape index (κ3) is 3.12. The van der Waals surface area contributed by atoms with Crippen molar-refractivity contribution in [1.29, 1.82) is 0 Å². The minimum atomic E-state index is 0.112. The number of benzene rings is 2. The van der Waals surface area contributed by atoms with E-state index in [1.807, 2.05) is 0 Å². The van der Waals surface area contributed by atoms with Gasteiger partial charge in [-0.05, 0) is 35.7 Å². The Morgan fingerprint density at radius 3 is 2.92 bits per heavy atom. The first-order valence-electron chi connectivity index (χ1n) is 8.62. The van der Waals surface area contributed by atoms with E-state index in [4.69, 9.17) is 14.2 Å². The first kappa shape index (κ1) is 15.5. The van der Waals surface area contributed by atoms with E-state index in [2.05, 4.69) is 48.6 Å². The maximum atomic E-state index is 6.25. The summed E-state index contributed by atoms with van der Waals surface area (Å²) in [6, 6.07) is 12.8. The van der Waals surface area contributed by atoms with Crippen molar-refractivity contribution in [1.82, 2.24) is 5.32 Å². The van der Waals surface area contributed by atoms with Crippen molar-refractivity contribution < 1.29 is 14.2 Å². The fourth-order valence-electron chi connectivity index (χ4n) is 3.33. The Hall–Kier alpha value is -2.04. The van der Waals surface area contributed by atoms with Crippen LogP contribution in [0.25, 0.3) is 11.1 Å². The maximum absolute atomic E-state index is 6.25. The van der Waals surface area contributed by atoms with Gasteiger partial charge in [0.1, 0.15) is 12.7 Å². The Morgan fingerprint density at radius 2 is 2.08 bits per heavy atom. The zero-order valence-corrected chi connectivity index (χ0v) is 14.0. The average molecular weight is 325 g/mol. The van der Waals surface area contributed by atoms with Gasteiger partial charge in [0.2, 0.25) is 0 Å². The lowest BCUT2D eigenvalue weighted by Crippen LogP contribution is -2.17. The summed E-state index contributed by atoms with van der Waals surface area (Å²) in [5, 5.41) is 3.41. The number of fused-ring (bicyclic) bond motifs is 1. The van der Waals surface area contributed by atoms with E-state index in [-0.39, 0.29) is 6.10 Å². The van der Waals surface area contributed by atoms with Gasteiger partial charge in [0, 0.05) is 25.1 Å². The average Bonchev–Trinajstić information content (AvgIpc) is 2.98. The van der Waals surface area contributed by atoms with E-state index in [1.54, 1.807) is 0 Å². The molecule has 2 aliphatic rings. The summed E-state index contributed by atoms with van der Waals surface area (Å²) in [6.07, 6.45) is 1.04. The predicted molar refractivity (Wildman–Crippen MR) is 93.7 cm³/mol. The van der Waals surface area contributed by atoms with Crippen LogP contribution in [-0.4, -0.2) is 32.5 Å². The van der Waals surface area contributed by atoms with Gasteiger partial charge in [-0.3, -0.25) is 0 Å². The highest BCUT2D eigenvalue weighted by Gasteiger charge is 2.23. The lowest BCUT2D eigenvalue weighted by Gasteiger charge is -2.19. The second kappa shape index (κ2) is 6.83. The topological polar surface area (TPSA) is 39.7 Å². The zero-order chi connectivity index (χ0) is 16.4. The van der Waals surface area contributed by atoms with Crippen molar-refractivity contribution in [3.63, 3.8) is 0 Å². The zero-order valence-electron chi connectivity index (χ0n) is 14.0. The molecule has 1 N–H and O–H groups in total. The molecule has 4 heteroatoms. The minimum Gasteiger partial charge on any atom is -0.488 e. The summed E-state index contributed by atoms with van der Waals surface area (Å²) in [5.74, 6) is 1.72. The molecule has 4 nitrogen and oxygen atoms in total. The number of aryl methyl sites for hydroxylation is 1. The van der Waals surface area contributed by atoms with Gasteiger partial charge in [-0.25, -0.2) is 0 Å². The van der Waals surface area contributed by atoms with Crippen LogP contribution >= 0.6 is 0 Å². The summed E-state index contributed by atoms with van der Waals surface area (Å²) in [5.41, 5.74) is 4.82. The van der Waals surface area contributed by atoms with Crippen LogP contribution in [0.5, 0.6) is 11.5 Å². The van der Waals surface area contributed by atoms with E-state index in [0.29, 0.717) is 13.2 Å². The van der Waals surface area contributed by atoms with Crippen LogP contribution in [0, 0.1) is 6.92 Å². The molecule has 0 saturated carbocycles. The molecule has 1 atom stereocenters.